The number of carbonyl (C=O) groups is 1. The maximum Gasteiger partial charge on any atom is 0.258 e. The molecule has 2 aromatic carbocycles. The van der Waals surface area contributed by atoms with Gasteiger partial charge >= 0.3 is 0 Å². The third kappa shape index (κ3) is 3.54. The predicted octanol–water partition coefficient (Wildman–Crippen LogP) is 2.25. The number of hydrogen-bond donors (Lipinski definition) is 1. The molecule has 1 amide bonds. The van der Waals surface area contributed by atoms with E-state index in [1.807, 2.05) is 50.5 Å². The fraction of sp³-hybridized carbons (Fsp3) is 0.235. The van der Waals surface area contributed by atoms with Crippen LogP contribution in [0.25, 0.3) is 10.8 Å². The molecule has 0 fully saturated rings. The number of anilines is 1. The number of aromatic nitrogens is 3. The van der Waals surface area contributed by atoms with Gasteiger partial charge in [0.1, 0.15) is 6.33 Å². The summed E-state index contributed by atoms with van der Waals surface area (Å²) in [6.07, 6.45) is 1.63. The number of benzene rings is 2. The van der Waals surface area contributed by atoms with E-state index >= 15 is 0 Å². The highest BCUT2D eigenvalue weighted by molar-refractivity contribution is 6.12. The Morgan fingerprint density at radius 3 is 2.78 bits per heavy atom. The van der Waals surface area contributed by atoms with Crippen LogP contribution in [0.1, 0.15) is 10.4 Å². The molecule has 1 aromatic heterocycles. The van der Waals surface area contributed by atoms with Gasteiger partial charge in [0, 0.05) is 12.1 Å². The fourth-order valence-electron chi connectivity index (χ4n) is 2.35. The number of amides is 1. The molecule has 0 unspecified atom stereocenters. The second kappa shape index (κ2) is 6.58. The van der Waals surface area contributed by atoms with E-state index < -0.39 is 0 Å². The van der Waals surface area contributed by atoms with Crippen LogP contribution < -0.4 is 5.32 Å². The predicted molar refractivity (Wildman–Crippen MR) is 90.5 cm³/mol. The zero-order chi connectivity index (χ0) is 16.2. The van der Waals surface area contributed by atoms with E-state index in [0.717, 1.165) is 23.9 Å². The summed E-state index contributed by atoms with van der Waals surface area (Å²) in [5.41, 5.74) is 0.618. The zero-order valence-corrected chi connectivity index (χ0v) is 13.2. The molecular formula is C17H19N5O. The average Bonchev–Trinajstić information content (AvgIpc) is 2.99. The summed E-state index contributed by atoms with van der Waals surface area (Å²) in [6.45, 7) is 1.59. The van der Waals surface area contributed by atoms with Crippen molar-refractivity contribution in [2.75, 3.05) is 26.0 Å². The Morgan fingerprint density at radius 1 is 1.17 bits per heavy atom. The molecule has 0 saturated heterocycles. The monoisotopic (exact) mass is 309 g/mol. The molecule has 3 aromatic rings. The number of likely N-dealkylation sites (N-methyl/N-ethyl adjacent to an activating group) is 1. The molecule has 6 heteroatoms. The molecule has 1 N–H and O–H groups in total. The van der Waals surface area contributed by atoms with Crippen molar-refractivity contribution < 1.29 is 4.79 Å². The minimum absolute atomic E-state index is 0.202. The van der Waals surface area contributed by atoms with E-state index in [1.54, 1.807) is 17.1 Å². The highest BCUT2D eigenvalue weighted by Crippen LogP contribution is 2.19. The molecule has 0 spiro atoms. The van der Waals surface area contributed by atoms with Gasteiger partial charge in [0.2, 0.25) is 5.95 Å². The molecule has 0 saturated carbocycles. The number of rotatable bonds is 5. The molecule has 3 rings (SSSR count). The summed E-state index contributed by atoms with van der Waals surface area (Å²) < 4.78 is 1.72. The summed E-state index contributed by atoms with van der Waals surface area (Å²) in [5.74, 6) is 0.119. The summed E-state index contributed by atoms with van der Waals surface area (Å²) in [4.78, 5) is 18.7. The molecule has 6 nitrogen and oxygen atoms in total. The Hall–Kier alpha value is -2.73. The van der Waals surface area contributed by atoms with Crippen molar-refractivity contribution in [2.24, 2.45) is 0 Å². The highest BCUT2D eigenvalue weighted by atomic mass is 16.1. The van der Waals surface area contributed by atoms with Crippen LogP contribution in [0.3, 0.4) is 0 Å². The largest absolute Gasteiger partial charge is 0.308 e. The van der Waals surface area contributed by atoms with Gasteiger partial charge in [-0.05, 0) is 30.9 Å². The van der Waals surface area contributed by atoms with E-state index in [9.17, 15) is 4.79 Å². The lowest BCUT2D eigenvalue weighted by atomic mass is 10.0. The molecule has 0 aliphatic carbocycles. The van der Waals surface area contributed by atoms with E-state index in [1.165, 1.54) is 0 Å². The number of carbonyl (C=O) groups excluding carboxylic acids is 1. The van der Waals surface area contributed by atoms with Crippen LogP contribution in [0.15, 0.2) is 48.8 Å². The van der Waals surface area contributed by atoms with Crippen molar-refractivity contribution >= 4 is 22.6 Å². The van der Waals surface area contributed by atoms with E-state index in [0.29, 0.717) is 11.5 Å². The van der Waals surface area contributed by atoms with Crippen molar-refractivity contribution in [2.45, 2.75) is 6.54 Å². The molecule has 0 bridgehead atoms. The van der Waals surface area contributed by atoms with Gasteiger partial charge in [0.15, 0.2) is 0 Å². The van der Waals surface area contributed by atoms with Crippen molar-refractivity contribution in [1.82, 2.24) is 19.7 Å². The van der Waals surface area contributed by atoms with Crippen molar-refractivity contribution in [3.63, 3.8) is 0 Å². The Bertz CT molecular complexity index is 819. The number of fused-ring (bicyclic) bond motifs is 1. The van der Waals surface area contributed by atoms with Gasteiger partial charge in [-0.1, -0.05) is 36.4 Å². The topological polar surface area (TPSA) is 63.1 Å². The minimum Gasteiger partial charge on any atom is -0.308 e. The zero-order valence-electron chi connectivity index (χ0n) is 13.2. The van der Waals surface area contributed by atoms with Gasteiger partial charge < -0.3 is 4.90 Å². The fourth-order valence-corrected chi connectivity index (χ4v) is 2.35. The van der Waals surface area contributed by atoms with Crippen molar-refractivity contribution in [3.8, 4) is 0 Å². The molecular weight excluding hydrogens is 290 g/mol. The van der Waals surface area contributed by atoms with Gasteiger partial charge in [-0.15, -0.1) is 5.10 Å². The lowest BCUT2D eigenvalue weighted by Gasteiger charge is -2.08. The van der Waals surface area contributed by atoms with Gasteiger partial charge in [-0.25, -0.2) is 9.67 Å². The lowest BCUT2D eigenvalue weighted by Crippen LogP contribution is -2.19. The molecule has 118 valence electrons. The molecule has 0 aliphatic rings. The molecule has 0 aliphatic heterocycles. The first-order valence-electron chi connectivity index (χ1n) is 7.47. The van der Waals surface area contributed by atoms with Crippen LogP contribution in [-0.4, -0.2) is 46.2 Å². The average molecular weight is 309 g/mol. The van der Waals surface area contributed by atoms with E-state index in [2.05, 4.69) is 20.3 Å². The van der Waals surface area contributed by atoms with Crippen LogP contribution in [-0.2, 0) is 6.54 Å². The van der Waals surface area contributed by atoms with Crippen molar-refractivity contribution in [3.05, 3.63) is 54.4 Å². The second-order valence-corrected chi connectivity index (χ2v) is 5.62. The minimum atomic E-state index is -0.202. The second-order valence-electron chi connectivity index (χ2n) is 5.62. The summed E-state index contributed by atoms with van der Waals surface area (Å²) in [5, 5.41) is 8.99. The first-order chi connectivity index (χ1) is 11.1. The summed E-state index contributed by atoms with van der Waals surface area (Å²) in [6, 6.07) is 13.5. The molecule has 23 heavy (non-hydrogen) atoms. The van der Waals surface area contributed by atoms with Crippen LogP contribution in [0, 0.1) is 0 Å². The van der Waals surface area contributed by atoms with Crippen molar-refractivity contribution in [1.29, 1.82) is 0 Å². The Balaban J connectivity index is 1.76. The first kappa shape index (κ1) is 15.2. The van der Waals surface area contributed by atoms with Crippen LogP contribution in [0.5, 0.6) is 0 Å². The third-order valence-corrected chi connectivity index (χ3v) is 3.57. The quantitative estimate of drug-likeness (QED) is 0.785. The van der Waals surface area contributed by atoms with Crippen LogP contribution in [0.2, 0.25) is 0 Å². The number of hydrogen-bond acceptors (Lipinski definition) is 4. The molecule has 1 heterocycles. The Labute approximate surface area is 134 Å². The maximum absolute atomic E-state index is 12.5. The molecule has 0 radical (unpaired) electrons. The van der Waals surface area contributed by atoms with Gasteiger partial charge in [0.25, 0.3) is 5.91 Å². The van der Waals surface area contributed by atoms with E-state index in [4.69, 9.17) is 0 Å². The SMILES string of the molecule is CN(C)CCn1cnc(NC(=O)c2cccc3ccccc23)n1. The standard InChI is InChI=1S/C17H19N5O/c1-21(2)10-11-22-12-18-17(20-22)19-16(23)15-9-5-7-13-6-3-4-8-14(13)15/h3-9,12H,10-11H2,1-2H3,(H,19,20,23). The van der Waals surface area contributed by atoms with Gasteiger partial charge in [-0.3, -0.25) is 10.1 Å². The van der Waals surface area contributed by atoms with E-state index in [-0.39, 0.29) is 5.91 Å². The summed E-state index contributed by atoms with van der Waals surface area (Å²) in [7, 11) is 4.00. The summed E-state index contributed by atoms with van der Waals surface area (Å²) >= 11 is 0. The van der Waals surface area contributed by atoms with Gasteiger partial charge in [0.05, 0.1) is 6.54 Å². The number of nitrogens with zero attached hydrogens (tertiary/aromatic N) is 4. The first-order valence-corrected chi connectivity index (χ1v) is 7.47. The lowest BCUT2D eigenvalue weighted by molar-refractivity contribution is 0.102. The van der Waals surface area contributed by atoms with Crippen LogP contribution >= 0.6 is 0 Å². The normalized spacial score (nSPS) is 11.1. The Morgan fingerprint density at radius 2 is 1.96 bits per heavy atom. The smallest absolute Gasteiger partial charge is 0.258 e. The van der Waals surface area contributed by atoms with Gasteiger partial charge in [-0.2, -0.15) is 0 Å². The third-order valence-electron chi connectivity index (χ3n) is 3.57. The highest BCUT2D eigenvalue weighted by Gasteiger charge is 2.12. The maximum atomic E-state index is 12.5. The molecule has 0 atom stereocenters. The van der Waals surface area contributed by atoms with Crippen LogP contribution in [0.4, 0.5) is 5.95 Å². The Kier molecular flexibility index (Phi) is 4.34. The number of nitrogens with one attached hydrogen (secondary N) is 1.